The van der Waals surface area contributed by atoms with E-state index in [1.165, 1.54) is 5.56 Å². The van der Waals surface area contributed by atoms with Crippen molar-refractivity contribution in [3.63, 3.8) is 0 Å². The van der Waals surface area contributed by atoms with Crippen LogP contribution in [0.5, 0.6) is 0 Å². The second-order valence-corrected chi connectivity index (χ2v) is 6.52. The number of rotatable bonds is 5. The van der Waals surface area contributed by atoms with Gasteiger partial charge in [0.05, 0.1) is 0 Å². The van der Waals surface area contributed by atoms with Gasteiger partial charge < -0.3 is 5.32 Å². The molecule has 0 bridgehead atoms. The molecule has 2 rings (SSSR count). The highest BCUT2D eigenvalue weighted by Gasteiger charge is 2.17. The number of hydrogen-bond acceptors (Lipinski definition) is 1. The lowest BCUT2D eigenvalue weighted by atomic mass is 9.89. The van der Waals surface area contributed by atoms with Gasteiger partial charge in [0.2, 0.25) is 0 Å². The van der Waals surface area contributed by atoms with Crippen molar-refractivity contribution in [2.45, 2.75) is 33.2 Å². The smallest absolute Gasteiger partial charge is 0.0292 e. The summed E-state index contributed by atoms with van der Waals surface area (Å²) in [4.78, 5) is 0. The Hall–Kier alpha value is -2.04. The van der Waals surface area contributed by atoms with E-state index in [9.17, 15) is 0 Å². The summed E-state index contributed by atoms with van der Waals surface area (Å²) in [6.45, 7) is 7.68. The first kappa shape index (κ1) is 16.3. The zero-order chi connectivity index (χ0) is 15.8. The average Bonchev–Trinajstić information content (AvgIpc) is 2.54. The Labute approximate surface area is 134 Å². The maximum Gasteiger partial charge on any atom is 0.0292 e. The molecule has 0 heterocycles. The van der Waals surface area contributed by atoms with Gasteiger partial charge in [-0.25, -0.2) is 0 Å². The minimum absolute atomic E-state index is 0.158. The van der Waals surface area contributed by atoms with Gasteiger partial charge in [-0.3, -0.25) is 0 Å². The second kappa shape index (κ2) is 7.82. The first-order chi connectivity index (χ1) is 10.6. The molecule has 2 aromatic carbocycles. The molecule has 1 nitrogen and oxygen atoms in total. The maximum atomic E-state index is 3.62. The zero-order valence-electron chi connectivity index (χ0n) is 13.8. The fourth-order valence-corrected chi connectivity index (χ4v) is 2.26. The largest absolute Gasteiger partial charge is 0.310 e. The first-order valence-electron chi connectivity index (χ1n) is 7.89. The van der Waals surface area contributed by atoms with Crippen molar-refractivity contribution in [2.24, 2.45) is 5.41 Å². The highest BCUT2D eigenvalue weighted by molar-refractivity contribution is 5.33. The van der Waals surface area contributed by atoms with Gasteiger partial charge >= 0.3 is 0 Å². The number of nitrogens with one attached hydrogen (secondary N) is 1. The Morgan fingerprint density at radius 2 is 1.55 bits per heavy atom. The highest BCUT2D eigenvalue weighted by Crippen LogP contribution is 2.20. The van der Waals surface area contributed by atoms with E-state index in [4.69, 9.17) is 0 Å². The summed E-state index contributed by atoms with van der Waals surface area (Å²) in [7, 11) is 0. The SMILES string of the molecule is CC(NCC(C)(C)CC#Cc1ccccc1)c1ccccc1. The lowest BCUT2D eigenvalue weighted by molar-refractivity contribution is 0.333. The first-order valence-corrected chi connectivity index (χ1v) is 7.89. The van der Waals surface area contributed by atoms with E-state index in [-0.39, 0.29) is 5.41 Å². The Morgan fingerprint density at radius 1 is 0.955 bits per heavy atom. The molecule has 2 aromatic rings. The van der Waals surface area contributed by atoms with Crippen LogP contribution in [-0.2, 0) is 0 Å². The molecular formula is C21H25N. The third-order valence-electron chi connectivity index (χ3n) is 3.76. The van der Waals surface area contributed by atoms with E-state index >= 15 is 0 Å². The van der Waals surface area contributed by atoms with Crippen molar-refractivity contribution in [3.8, 4) is 11.8 Å². The summed E-state index contributed by atoms with van der Waals surface area (Å²) < 4.78 is 0. The van der Waals surface area contributed by atoms with E-state index in [2.05, 4.69) is 80.4 Å². The Bertz CT molecular complexity index is 617. The summed E-state index contributed by atoms with van der Waals surface area (Å²) in [5.74, 6) is 6.56. The molecular weight excluding hydrogens is 266 g/mol. The van der Waals surface area contributed by atoms with Crippen molar-refractivity contribution in [1.29, 1.82) is 0 Å². The van der Waals surface area contributed by atoms with Crippen LogP contribution in [0.2, 0.25) is 0 Å². The molecule has 0 aromatic heterocycles. The predicted octanol–water partition coefficient (Wildman–Crippen LogP) is 4.81. The van der Waals surface area contributed by atoms with Crippen LogP contribution in [0, 0.1) is 17.3 Å². The zero-order valence-corrected chi connectivity index (χ0v) is 13.8. The summed E-state index contributed by atoms with van der Waals surface area (Å²) >= 11 is 0. The van der Waals surface area contributed by atoms with Crippen LogP contribution in [-0.4, -0.2) is 6.54 Å². The van der Waals surface area contributed by atoms with Crippen LogP contribution in [0.4, 0.5) is 0 Å². The minimum Gasteiger partial charge on any atom is -0.310 e. The Balaban J connectivity index is 1.85. The molecule has 0 aliphatic carbocycles. The molecule has 0 saturated carbocycles. The summed E-state index contributed by atoms with van der Waals surface area (Å²) in [6.07, 6.45) is 0.885. The molecule has 0 aliphatic rings. The van der Waals surface area contributed by atoms with E-state index in [1.807, 2.05) is 18.2 Å². The predicted molar refractivity (Wildman–Crippen MR) is 94.6 cm³/mol. The van der Waals surface area contributed by atoms with Crippen LogP contribution in [0.25, 0.3) is 0 Å². The van der Waals surface area contributed by atoms with E-state index in [1.54, 1.807) is 0 Å². The normalized spacial score (nSPS) is 12.3. The van der Waals surface area contributed by atoms with Gasteiger partial charge in [0, 0.05) is 24.6 Å². The summed E-state index contributed by atoms with van der Waals surface area (Å²) in [6, 6.07) is 21.1. The molecule has 114 valence electrons. The molecule has 0 fully saturated rings. The monoisotopic (exact) mass is 291 g/mol. The highest BCUT2D eigenvalue weighted by atomic mass is 14.9. The van der Waals surface area contributed by atoms with Gasteiger partial charge in [-0.1, -0.05) is 74.2 Å². The number of benzene rings is 2. The van der Waals surface area contributed by atoms with E-state index in [0.29, 0.717) is 6.04 Å². The summed E-state index contributed by atoms with van der Waals surface area (Å²) in [5.41, 5.74) is 2.57. The fraction of sp³-hybridized carbons (Fsp3) is 0.333. The molecule has 22 heavy (non-hydrogen) atoms. The third-order valence-corrected chi connectivity index (χ3v) is 3.76. The molecule has 1 atom stereocenters. The molecule has 0 spiro atoms. The Morgan fingerprint density at radius 3 is 2.18 bits per heavy atom. The van der Waals surface area contributed by atoms with E-state index in [0.717, 1.165) is 18.5 Å². The third kappa shape index (κ3) is 5.39. The topological polar surface area (TPSA) is 12.0 Å². The van der Waals surface area contributed by atoms with Gasteiger partial charge in [0.1, 0.15) is 0 Å². The molecule has 0 amide bonds. The van der Waals surface area contributed by atoms with Crippen LogP contribution in [0.3, 0.4) is 0 Å². The molecule has 1 unspecified atom stereocenters. The van der Waals surface area contributed by atoms with Crippen molar-refractivity contribution in [2.75, 3.05) is 6.54 Å². The van der Waals surface area contributed by atoms with Crippen LogP contribution in [0.1, 0.15) is 44.4 Å². The molecule has 0 aliphatic heterocycles. The minimum atomic E-state index is 0.158. The van der Waals surface area contributed by atoms with Crippen molar-refractivity contribution in [1.82, 2.24) is 5.32 Å². The van der Waals surface area contributed by atoms with Gasteiger partial charge in [-0.15, -0.1) is 0 Å². The second-order valence-electron chi connectivity index (χ2n) is 6.52. The van der Waals surface area contributed by atoms with Crippen molar-refractivity contribution in [3.05, 3.63) is 71.8 Å². The standard InChI is InChI=1S/C21H25N/c1-18(20-14-8-5-9-15-20)22-17-21(2,3)16-10-13-19-11-6-4-7-12-19/h4-9,11-12,14-15,18,22H,16-17H2,1-3H3. The summed E-state index contributed by atoms with van der Waals surface area (Å²) in [5, 5.41) is 3.62. The van der Waals surface area contributed by atoms with Crippen LogP contribution < -0.4 is 5.32 Å². The lowest BCUT2D eigenvalue weighted by Gasteiger charge is -2.25. The van der Waals surface area contributed by atoms with Gasteiger partial charge in [0.15, 0.2) is 0 Å². The Kier molecular flexibility index (Phi) is 5.81. The fourth-order valence-electron chi connectivity index (χ4n) is 2.26. The quantitative estimate of drug-likeness (QED) is 0.780. The van der Waals surface area contributed by atoms with Crippen molar-refractivity contribution >= 4 is 0 Å². The van der Waals surface area contributed by atoms with Crippen molar-refractivity contribution < 1.29 is 0 Å². The molecule has 1 heteroatoms. The molecule has 1 N–H and O–H groups in total. The maximum absolute atomic E-state index is 3.62. The van der Waals surface area contributed by atoms with Crippen LogP contribution >= 0.6 is 0 Å². The lowest BCUT2D eigenvalue weighted by Crippen LogP contribution is -2.31. The van der Waals surface area contributed by atoms with Gasteiger partial charge in [0.25, 0.3) is 0 Å². The van der Waals surface area contributed by atoms with Gasteiger partial charge in [-0.05, 0) is 30.0 Å². The van der Waals surface area contributed by atoms with Gasteiger partial charge in [-0.2, -0.15) is 0 Å². The molecule has 0 radical (unpaired) electrons. The number of hydrogen-bond donors (Lipinski definition) is 1. The van der Waals surface area contributed by atoms with E-state index < -0.39 is 0 Å². The average molecular weight is 291 g/mol. The van der Waals surface area contributed by atoms with Crippen LogP contribution in [0.15, 0.2) is 60.7 Å². The molecule has 0 saturated heterocycles.